The van der Waals surface area contributed by atoms with Crippen molar-refractivity contribution in [2.24, 2.45) is 50.2 Å². The molecule has 0 bridgehead atoms. The van der Waals surface area contributed by atoms with Gasteiger partial charge in [-0.3, -0.25) is 9.59 Å². The number of alkyl halides is 3. The lowest BCUT2D eigenvalue weighted by molar-refractivity contribution is -0.183. The summed E-state index contributed by atoms with van der Waals surface area (Å²) in [5.41, 5.74) is 1.38. The third kappa shape index (κ3) is 5.60. The van der Waals surface area contributed by atoms with Gasteiger partial charge in [0.2, 0.25) is 5.91 Å². The number of hydrogen-bond donors (Lipinski definition) is 0. The number of carbonyl (C=O) groups excluding carboxylic acids is 2. The van der Waals surface area contributed by atoms with Crippen molar-refractivity contribution in [3.63, 3.8) is 0 Å². The molecule has 51 heavy (non-hydrogen) atoms. The normalized spacial score (nSPS) is 42.1. The van der Waals surface area contributed by atoms with E-state index >= 15 is 0 Å². The Kier molecular flexibility index (Phi) is 8.67. The summed E-state index contributed by atoms with van der Waals surface area (Å²) in [6, 6.07) is 5.51. The summed E-state index contributed by atoms with van der Waals surface area (Å²) in [4.78, 5) is 30.5. The van der Waals surface area contributed by atoms with Gasteiger partial charge in [-0.05, 0) is 121 Å². The second-order valence-corrected chi connectivity index (χ2v) is 19.6. The van der Waals surface area contributed by atoms with Crippen LogP contribution in [0.1, 0.15) is 132 Å². The fourth-order valence-corrected chi connectivity index (χ4v) is 13.5. The minimum absolute atomic E-state index is 0.00479. The molecule has 1 aromatic rings. The first-order chi connectivity index (χ1) is 23.7. The first-order valence-electron chi connectivity index (χ1n) is 19.8. The summed E-state index contributed by atoms with van der Waals surface area (Å²) in [6.45, 7) is 19.1. The number of nitrogens with zero attached hydrogens (tertiary/aromatic N) is 2. The molecule has 1 heterocycles. The van der Waals surface area contributed by atoms with Crippen LogP contribution < -0.4 is 4.90 Å². The van der Waals surface area contributed by atoms with Crippen LogP contribution in [-0.2, 0) is 20.5 Å². The van der Waals surface area contributed by atoms with E-state index in [0.29, 0.717) is 16.7 Å². The van der Waals surface area contributed by atoms with E-state index in [4.69, 9.17) is 4.74 Å². The van der Waals surface area contributed by atoms with Crippen molar-refractivity contribution in [1.29, 1.82) is 0 Å². The molecule has 0 radical (unpaired) electrons. The average Bonchev–Trinajstić information content (AvgIpc) is 3.04. The zero-order valence-corrected chi connectivity index (χ0v) is 32.3. The Morgan fingerprint density at radius 1 is 0.863 bits per heavy atom. The predicted octanol–water partition coefficient (Wildman–Crippen LogP) is 10.4. The summed E-state index contributed by atoms with van der Waals surface area (Å²) < 4.78 is 47.7. The van der Waals surface area contributed by atoms with Crippen molar-refractivity contribution in [1.82, 2.24) is 4.90 Å². The van der Waals surface area contributed by atoms with Gasteiger partial charge in [0.05, 0.1) is 12.1 Å². The van der Waals surface area contributed by atoms with Gasteiger partial charge >= 0.3 is 12.1 Å². The maximum Gasteiger partial charge on any atom is 0.418 e. The van der Waals surface area contributed by atoms with Crippen LogP contribution in [0.25, 0.3) is 0 Å². The fourth-order valence-electron chi connectivity index (χ4n) is 13.5. The number of anilines is 1. The Balaban J connectivity index is 1.17. The Labute approximate surface area is 304 Å². The zero-order chi connectivity index (χ0) is 37.0. The summed E-state index contributed by atoms with van der Waals surface area (Å²) in [5.74, 6) is 1.11. The molecule has 4 unspecified atom stereocenters. The number of amides is 1. The molecular formula is C43H61F3N2O3. The lowest BCUT2D eigenvalue weighted by Crippen LogP contribution is -2.64. The predicted molar refractivity (Wildman–Crippen MR) is 195 cm³/mol. The Hall–Kier alpha value is -2.51. The van der Waals surface area contributed by atoms with Crippen molar-refractivity contribution in [3.8, 4) is 0 Å². The van der Waals surface area contributed by atoms with Crippen molar-refractivity contribution >= 4 is 17.6 Å². The lowest BCUT2D eigenvalue weighted by Gasteiger charge is -2.71. The van der Waals surface area contributed by atoms with Crippen molar-refractivity contribution in [3.05, 3.63) is 41.5 Å². The molecule has 1 aliphatic heterocycles. The maximum absolute atomic E-state index is 14.8. The first-order valence-corrected chi connectivity index (χ1v) is 19.8. The van der Waals surface area contributed by atoms with Crippen molar-refractivity contribution in [2.45, 2.75) is 138 Å². The standard InChI is InChI=1S/C43H61F3N2O3/c1-28(49)51-35-27-47(32-13-10-9-12-30(32)43(44,45)46)24-25-48(35)36(50)39(5)21-20-38(4)22-23-41(7)29(31(38)26-39)14-15-34-40(6)18-11-17-37(2,3)33(40)16-19-42(34,41)8/h9-10,12-14,31,33-35H,11,15-27H2,1-8H3/t31-,33?,34?,35?,38-,39?,40+,41-,42-/m1/s1. The summed E-state index contributed by atoms with van der Waals surface area (Å²) in [7, 11) is 0. The topological polar surface area (TPSA) is 49.9 Å². The highest BCUT2D eigenvalue weighted by Crippen LogP contribution is 2.75. The molecular weight excluding hydrogens is 649 g/mol. The molecule has 0 N–H and O–H groups in total. The minimum atomic E-state index is -4.52. The van der Waals surface area contributed by atoms with E-state index in [1.165, 1.54) is 57.6 Å². The third-order valence-electron chi connectivity index (χ3n) is 16.5. The van der Waals surface area contributed by atoms with E-state index in [9.17, 15) is 22.8 Å². The molecule has 5 nitrogen and oxygen atoms in total. The fraction of sp³-hybridized carbons (Fsp3) is 0.767. The number of allylic oxidation sites excluding steroid dienone is 2. The van der Waals surface area contributed by atoms with Crippen LogP contribution in [0.5, 0.6) is 0 Å². The number of hydrogen-bond acceptors (Lipinski definition) is 4. The van der Waals surface area contributed by atoms with Gasteiger partial charge < -0.3 is 14.5 Å². The molecule has 1 amide bonds. The summed E-state index contributed by atoms with van der Waals surface area (Å²) in [6.07, 6.45) is 9.65. The molecule has 8 heteroatoms. The minimum Gasteiger partial charge on any atom is -0.440 e. The SMILES string of the molecule is CC(=O)OC1CN(c2ccccc2C(F)(F)F)CCN1C(=O)C1(C)CC[C@]2(C)CC[C@]3(C)C(=CCC4[C@@]5(C)CCCC(C)(C)C5CC[C@]43C)[C@H]2C1. The molecule has 7 rings (SSSR count). The Morgan fingerprint density at radius 3 is 2.27 bits per heavy atom. The second kappa shape index (κ2) is 12.0. The maximum atomic E-state index is 14.8. The first kappa shape index (κ1) is 36.8. The van der Waals surface area contributed by atoms with Crippen LogP contribution in [0.2, 0.25) is 0 Å². The van der Waals surface area contributed by atoms with Gasteiger partial charge in [0.15, 0.2) is 6.23 Å². The Bertz CT molecular complexity index is 1600. The molecule has 282 valence electrons. The number of piperazine rings is 1. The molecule has 0 spiro atoms. The highest BCUT2D eigenvalue weighted by molar-refractivity contribution is 5.83. The zero-order valence-electron chi connectivity index (χ0n) is 32.3. The lowest BCUT2D eigenvalue weighted by atomic mass is 9.34. The van der Waals surface area contributed by atoms with Crippen LogP contribution in [0.4, 0.5) is 18.9 Å². The largest absolute Gasteiger partial charge is 0.440 e. The molecule has 5 aliphatic carbocycles. The number of benzene rings is 1. The van der Waals surface area contributed by atoms with Gasteiger partial charge in [-0.2, -0.15) is 13.2 Å². The molecule has 4 saturated carbocycles. The number of rotatable bonds is 3. The van der Waals surface area contributed by atoms with Gasteiger partial charge in [-0.15, -0.1) is 0 Å². The van der Waals surface area contributed by atoms with Crippen LogP contribution >= 0.6 is 0 Å². The molecule has 0 aromatic heterocycles. The highest BCUT2D eigenvalue weighted by Gasteiger charge is 2.67. The van der Waals surface area contributed by atoms with Gasteiger partial charge in [0.1, 0.15) is 0 Å². The molecule has 5 fully saturated rings. The van der Waals surface area contributed by atoms with E-state index in [-0.39, 0.29) is 53.4 Å². The average molecular weight is 711 g/mol. The van der Waals surface area contributed by atoms with Gasteiger partial charge in [0, 0.05) is 31.1 Å². The van der Waals surface area contributed by atoms with Crippen LogP contribution in [0.3, 0.4) is 0 Å². The van der Waals surface area contributed by atoms with Crippen LogP contribution in [0.15, 0.2) is 35.9 Å². The molecule has 9 atom stereocenters. The van der Waals surface area contributed by atoms with Crippen molar-refractivity contribution < 1.29 is 27.5 Å². The number of para-hydroxylation sites is 1. The number of esters is 1. The van der Waals surface area contributed by atoms with Crippen molar-refractivity contribution in [2.75, 3.05) is 24.5 Å². The second-order valence-electron chi connectivity index (χ2n) is 19.6. The molecule has 1 aromatic carbocycles. The van der Waals surface area contributed by atoms with Gasteiger partial charge in [-0.1, -0.05) is 78.7 Å². The molecule has 1 saturated heterocycles. The summed E-state index contributed by atoms with van der Waals surface area (Å²) >= 11 is 0. The highest BCUT2D eigenvalue weighted by atomic mass is 19.4. The number of carbonyl (C=O) groups is 2. The van der Waals surface area contributed by atoms with Crippen LogP contribution in [0, 0.1) is 50.2 Å². The van der Waals surface area contributed by atoms with Crippen LogP contribution in [-0.4, -0.2) is 42.6 Å². The van der Waals surface area contributed by atoms with E-state index < -0.39 is 29.4 Å². The van der Waals surface area contributed by atoms with Gasteiger partial charge in [0.25, 0.3) is 0 Å². The Morgan fingerprint density at radius 2 is 1.57 bits per heavy atom. The number of ether oxygens (including phenoxy) is 1. The molecule has 6 aliphatic rings. The van der Waals surface area contributed by atoms with E-state index in [2.05, 4.69) is 54.5 Å². The van der Waals surface area contributed by atoms with Gasteiger partial charge in [-0.25, -0.2) is 0 Å². The number of fused-ring (bicyclic) bond motifs is 7. The monoisotopic (exact) mass is 710 g/mol. The van der Waals surface area contributed by atoms with E-state index in [1.54, 1.807) is 21.4 Å². The van der Waals surface area contributed by atoms with E-state index in [1.807, 2.05) is 0 Å². The van der Waals surface area contributed by atoms with E-state index in [0.717, 1.165) is 44.1 Å². The quantitative estimate of drug-likeness (QED) is 0.232. The number of halogens is 3. The third-order valence-corrected chi connectivity index (χ3v) is 16.5. The summed E-state index contributed by atoms with van der Waals surface area (Å²) in [5, 5.41) is 0. The smallest absolute Gasteiger partial charge is 0.418 e.